The van der Waals surface area contributed by atoms with E-state index in [-0.39, 0.29) is 17.3 Å². The number of hydrogen-bond donors (Lipinski definition) is 2. The lowest BCUT2D eigenvalue weighted by molar-refractivity contribution is 0.104. The Kier molecular flexibility index (Phi) is 3.52. The standard InChI is InChI=1S/C24H15NO3/c26-16-7-3-5-14(11-16)20-13-21(15-6-4-8-17(27)12-15)25-23-18-9-1-2-10-19(18)24(28)22(20)23/h1-13,26-27H. The zero-order valence-electron chi connectivity index (χ0n) is 14.8. The van der Waals surface area contributed by atoms with E-state index in [1.807, 2.05) is 36.4 Å². The van der Waals surface area contributed by atoms with Crippen molar-refractivity contribution < 1.29 is 15.0 Å². The van der Waals surface area contributed by atoms with Gasteiger partial charge in [-0.05, 0) is 41.5 Å². The summed E-state index contributed by atoms with van der Waals surface area (Å²) in [6.07, 6.45) is 0. The number of nitrogens with zero attached hydrogens (tertiary/aromatic N) is 1. The first-order valence-electron chi connectivity index (χ1n) is 8.90. The van der Waals surface area contributed by atoms with Crippen LogP contribution in [0.4, 0.5) is 0 Å². The molecular formula is C24H15NO3. The lowest BCUT2D eigenvalue weighted by Crippen LogP contribution is -2.00. The van der Waals surface area contributed by atoms with Crippen molar-refractivity contribution in [1.29, 1.82) is 0 Å². The predicted molar refractivity (Wildman–Crippen MR) is 107 cm³/mol. The molecule has 1 aromatic heterocycles. The maximum Gasteiger partial charge on any atom is 0.196 e. The van der Waals surface area contributed by atoms with Crippen LogP contribution in [0.5, 0.6) is 11.5 Å². The summed E-state index contributed by atoms with van der Waals surface area (Å²) in [6.45, 7) is 0. The summed E-state index contributed by atoms with van der Waals surface area (Å²) >= 11 is 0. The highest BCUT2D eigenvalue weighted by atomic mass is 16.3. The van der Waals surface area contributed by atoms with Crippen molar-refractivity contribution in [2.24, 2.45) is 0 Å². The van der Waals surface area contributed by atoms with Crippen LogP contribution in [0.15, 0.2) is 78.9 Å². The molecular weight excluding hydrogens is 350 g/mol. The minimum Gasteiger partial charge on any atom is -0.508 e. The Morgan fingerprint density at radius 2 is 1.29 bits per heavy atom. The summed E-state index contributed by atoms with van der Waals surface area (Å²) in [5.74, 6) is 0.207. The van der Waals surface area contributed by atoms with Gasteiger partial charge in [-0.3, -0.25) is 4.79 Å². The van der Waals surface area contributed by atoms with Crippen LogP contribution >= 0.6 is 0 Å². The molecule has 0 fully saturated rings. The van der Waals surface area contributed by atoms with Gasteiger partial charge < -0.3 is 10.2 Å². The van der Waals surface area contributed by atoms with Crippen molar-refractivity contribution in [3.8, 4) is 45.1 Å². The molecule has 5 rings (SSSR count). The molecule has 0 atom stereocenters. The van der Waals surface area contributed by atoms with Crippen LogP contribution in [-0.4, -0.2) is 21.0 Å². The number of rotatable bonds is 2. The topological polar surface area (TPSA) is 70.4 Å². The number of ketones is 1. The number of phenolic OH excluding ortho intramolecular Hbond substituents is 2. The van der Waals surface area contributed by atoms with E-state index in [0.29, 0.717) is 28.1 Å². The SMILES string of the molecule is O=C1c2ccccc2-c2nc(-c3cccc(O)c3)cc(-c3cccc(O)c3)c21. The van der Waals surface area contributed by atoms with Gasteiger partial charge in [0.15, 0.2) is 5.78 Å². The fraction of sp³-hybridized carbons (Fsp3) is 0. The quantitative estimate of drug-likeness (QED) is 0.460. The lowest BCUT2D eigenvalue weighted by Gasteiger charge is -2.12. The van der Waals surface area contributed by atoms with Crippen molar-refractivity contribution in [3.63, 3.8) is 0 Å². The van der Waals surface area contributed by atoms with Crippen molar-refractivity contribution in [1.82, 2.24) is 4.98 Å². The van der Waals surface area contributed by atoms with Crippen LogP contribution in [0, 0.1) is 0 Å². The predicted octanol–water partition coefficient (Wildman–Crippen LogP) is 5.04. The Hall–Kier alpha value is -3.92. The van der Waals surface area contributed by atoms with E-state index in [4.69, 9.17) is 4.98 Å². The second-order valence-corrected chi connectivity index (χ2v) is 6.75. The molecule has 28 heavy (non-hydrogen) atoms. The number of aromatic hydroxyl groups is 2. The molecule has 1 heterocycles. The summed E-state index contributed by atoms with van der Waals surface area (Å²) in [6, 6.07) is 23.0. The van der Waals surface area contributed by atoms with Crippen LogP contribution in [0.3, 0.4) is 0 Å². The smallest absolute Gasteiger partial charge is 0.196 e. The van der Waals surface area contributed by atoms with Gasteiger partial charge in [0, 0.05) is 16.7 Å². The molecule has 4 nitrogen and oxygen atoms in total. The molecule has 0 aliphatic heterocycles. The van der Waals surface area contributed by atoms with E-state index in [9.17, 15) is 15.0 Å². The van der Waals surface area contributed by atoms with Gasteiger partial charge in [0.1, 0.15) is 11.5 Å². The number of fused-ring (bicyclic) bond motifs is 3. The van der Waals surface area contributed by atoms with Crippen LogP contribution in [0.2, 0.25) is 0 Å². The van der Waals surface area contributed by atoms with E-state index >= 15 is 0 Å². The van der Waals surface area contributed by atoms with Gasteiger partial charge in [0.05, 0.1) is 17.0 Å². The number of phenols is 2. The first-order valence-corrected chi connectivity index (χ1v) is 8.90. The van der Waals surface area contributed by atoms with Crippen molar-refractivity contribution in [3.05, 3.63) is 90.0 Å². The molecule has 1 aliphatic rings. The molecule has 0 spiro atoms. The number of benzene rings is 3. The number of carbonyl (C=O) groups is 1. The summed E-state index contributed by atoms with van der Waals surface area (Å²) in [4.78, 5) is 17.9. The highest BCUT2D eigenvalue weighted by Crippen LogP contribution is 2.42. The first-order chi connectivity index (χ1) is 13.6. The molecule has 3 aromatic carbocycles. The molecule has 0 unspecified atom stereocenters. The number of hydrogen-bond acceptors (Lipinski definition) is 4. The minimum atomic E-state index is -0.0705. The van der Waals surface area contributed by atoms with Crippen LogP contribution < -0.4 is 0 Å². The zero-order valence-corrected chi connectivity index (χ0v) is 14.8. The third-order valence-electron chi connectivity index (χ3n) is 4.97. The second kappa shape index (κ2) is 6.06. The largest absolute Gasteiger partial charge is 0.508 e. The zero-order chi connectivity index (χ0) is 19.3. The summed E-state index contributed by atoms with van der Waals surface area (Å²) in [7, 11) is 0. The monoisotopic (exact) mass is 365 g/mol. The fourth-order valence-electron chi connectivity index (χ4n) is 3.71. The van der Waals surface area contributed by atoms with Gasteiger partial charge in [-0.15, -0.1) is 0 Å². The second-order valence-electron chi connectivity index (χ2n) is 6.75. The van der Waals surface area contributed by atoms with Gasteiger partial charge in [-0.1, -0.05) is 48.5 Å². The highest BCUT2D eigenvalue weighted by Gasteiger charge is 2.31. The Labute approximate surface area is 161 Å². The average molecular weight is 365 g/mol. The van der Waals surface area contributed by atoms with Crippen molar-refractivity contribution in [2.75, 3.05) is 0 Å². The third kappa shape index (κ3) is 2.47. The minimum absolute atomic E-state index is 0.0705. The van der Waals surface area contributed by atoms with Gasteiger partial charge in [-0.25, -0.2) is 4.98 Å². The molecule has 0 saturated heterocycles. The molecule has 4 heteroatoms. The Morgan fingerprint density at radius 1 is 0.643 bits per heavy atom. The van der Waals surface area contributed by atoms with Crippen LogP contribution in [0.1, 0.15) is 15.9 Å². The van der Waals surface area contributed by atoms with Gasteiger partial charge in [0.2, 0.25) is 0 Å². The maximum absolute atomic E-state index is 13.1. The summed E-state index contributed by atoms with van der Waals surface area (Å²) in [5, 5.41) is 19.8. The summed E-state index contributed by atoms with van der Waals surface area (Å²) < 4.78 is 0. The third-order valence-corrected chi connectivity index (χ3v) is 4.97. The molecule has 1 aliphatic carbocycles. The van der Waals surface area contributed by atoms with Gasteiger partial charge in [0.25, 0.3) is 0 Å². The number of carbonyl (C=O) groups excluding carboxylic acids is 1. The molecule has 134 valence electrons. The Morgan fingerprint density at radius 3 is 2.00 bits per heavy atom. The lowest BCUT2D eigenvalue weighted by atomic mass is 9.95. The van der Waals surface area contributed by atoms with Gasteiger partial charge in [-0.2, -0.15) is 0 Å². The Balaban J connectivity index is 1.84. The van der Waals surface area contributed by atoms with E-state index in [2.05, 4.69) is 0 Å². The van der Waals surface area contributed by atoms with Crippen LogP contribution in [-0.2, 0) is 0 Å². The van der Waals surface area contributed by atoms with Gasteiger partial charge >= 0.3 is 0 Å². The molecule has 4 aromatic rings. The molecule has 2 N–H and O–H groups in total. The van der Waals surface area contributed by atoms with Crippen molar-refractivity contribution >= 4 is 5.78 Å². The number of aromatic nitrogens is 1. The highest BCUT2D eigenvalue weighted by molar-refractivity contribution is 6.24. The van der Waals surface area contributed by atoms with Crippen molar-refractivity contribution in [2.45, 2.75) is 0 Å². The molecule has 0 radical (unpaired) electrons. The average Bonchev–Trinajstić information content (AvgIpc) is 3.00. The summed E-state index contributed by atoms with van der Waals surface area (Å²) in [5.41, 5.74) is 5.43. The Bertz CT molecular complexity index is 1260. The normalized spacial score (nSPS) is 11.9. The van der Waals surface area contributed by atoms with E-state index in [1.165, 1.54) is 0 Å². The number of pyridine rings is 1. The molecule has 0 amide bonds. The van der Waals surface area contributed by atoms with E-state index in [0.717, 1.165) is 16.7 Å². The maximum atomic E-state index is 13.1. The van der Waals surface area contributed by atoms with E-state index in [1.54, 1.807) is 42.5 Å². The molecule has 0 saturated carbocycles. The van der Waals surface area contributed by atoms with E-state index < -0.39 is 0 Å². The van der Waals surface area contributed by atoms with Crippen LogP contribution in [0.25, 0.3) is 33.6 Å². The molecule has 0 bridgehead atoms. The fourth-order valence-corrected chi connectivity index (χ4v) is 3.71. The first kappa shape index (κ1) is 16.3.